The molecule has 0 heterocycles. The Morgan fingerprint density at radius 3 is 2.45 bits per heavy atom. The molecule has 2 amide bonds. The van der Waals surface area contributed by atoms with Crippen LogP contribution in [0, 0.1) is 11.6 Å². The molecule has 1 rings (SSSR count). The fourth-order valence-electron chi connectivity index (χ4n) is 1.59. The summed E-state index contributed by atoms with van der Waals surface area (Å²) < 4.78 is 26.7. The molecule has 0 aliphatic carbocycles. The van der Waals surface area contributed by atoms with Crippen LogP contribution < -0.4 is 5.32 Å². The van der Waals surface area contributed by atoms with Crippen LogP contribution in [0.25, 0.3) is 0 Å². The van der Waals surface area contributed by atoms with Gasteiger partial charge >= 0.3 is 0 Å². The van der Waals surface area contributed by atoms with Gasteiger partial charge in [0.25, 0.3) is 0 Å². The summed E-state index contributed by atoms with van der Waals surface area (Å²) in [6.45, 7) is 5.35. The van der Waals surface area contributed by atoms with E-state index in [1.54, 1.807) is 0 Å². The summed E-state index contributed by atoms with van der Waals surface area (Å²) in [4.78, 5) is 24.3. The van der Waals surface area contributed by atoms with Crippen LogP contribution in [0.4, 0.5) is 14.5 Å². The summed E-state index contributed by atoms with van der Waals surface area (Å²) in [5, 5.41) is 2.16. The molecule has 0 radical (unpaired) electrons. The Kier molecular flexibility index (Phi) is 5.83. The Morgan fingerprint density at radius 1 is 1.35 bits per heavy atom. The highest BCUT2D eigenvalue weighted by Crippen LogP contribution is 2.18. The molecule has 0 unspecified atom stereocenters. The van der Waals surface area contributed by atoms with Crippen LogP contribution in [0.3, 0.4) is 0 Å². The first kappa shape index (κ1) is 15.8. The van der Waals surface area contributed by atoms with Gasteiger partial charge in [-0.2, -0.15) is 0 Å². The first-order valence-electron chi connectivity index (χ1n) is 6.06. The van der Waals surface area contributed by atoms with Crippen molar-refractivity contribution in [3.8, 4) is 0 Å². The van der Waals surface area contributed by atoms with Crippen molar-refractivity contribution in [1.82, 2.24) is 4.90 Å². The van der Waals surface area contributed by atoms with Crippen molar-refractivity contribution in [2.75, 3.05) is 18.4 Å². The third kappa shape index (κ3) is 4.46. The molecule has 1 aromatic rings. The minimum absolute atomic E-state index is 0.0544. The Morgan fingerprint density at radius 2 is 1.95 bits per heavy atom. The van der Waals surface area contributed by atoms with E-state index < -0.39 is 23.2 Å². The smallest absolute Gasteiger partial charge is 0.226 e. The lowest BCUT2D eigenvalue weighted by molar-refractivity contribution is -0.128. The molecule has 1 N–H and O–H groups in total. The van der Waals surface area contributed by atoms with Gasteiger partial charge in [-0.3, -0.25) is 9.59 Å². The van der Waals surface area contributed by atoms with E-state index in [2.05, 4.69) is 11.9 Å². The van der Waals surface area contributed by atoms with Gasteiger partial charge < -0.3 is 10.2 Å². The topological polar surface area (TPSA) is 49.4 Å². The number of carbonyl (C=O) groups excluding carboxylic acids is 2. The van der Waals surface area contributed by atoms with E-state index >= 15 is 0 Å². The van der Waals surface area contributed by atoms with Gasteiger partial charge in [-0.15, -0.1) is 6.58 Å². The number of hydrogen-bond donors (Lipinski definition) is 1. The lowest BCUT2D eigenvalue weighted by atomic mass is 10.2. The Labute approximate surface area is 116 Å². The SMILES string of the molecule is C=CCN(CCC(=O)Nc1c(F)cccc1F)C(C)=O. The number of hydrogen-bond acceptors (Lipinski definition) is 2. The lowest BCUT2D eigenvalue weighted by Gasteiger charge is -2.18. The fourth-order valence-corrected chi connectivity index (χ4v) is 1.59. The molecular formula is C14H16F2N2O2. The number of amides is 2. The van der Waals surface area contributed by atoms with Crippen LogP contribution in [-0.2, 0) is 9.59 Å². The Bertz CT molecular complexity index is 498. The van der Waals surface area contributed by atoms with Crippen LogP contribution in [-0.4, -0.2) is 29.8 Å². The molecular weight excluding hydrogens is 266 g/mol. The van der Waals surface area contributed by atoms with E-state index in [1.807, 2.05) is 0 Å². The fraction of sp³-hybridized carbons (Fsp3) is 0.286. The normalized spacial score (nSPS) is 9.95. The third-order valence-corrected chi connectivity index (χ3v) is 2.63. The summed E-state index contributed by atoms with van der Waals surface area (Å²) in [5.74, 6) is -2.44. The van der Waals surface area contributed by atoms with Gasteiger partial charge in [0.2, 0.25) is 11.8 Å². The molecule has 108 valence electrons. The average Bonchev–Trinajstić information content (AvgIpc) is 2.38. The van der Waals surface area contributed by atoms with Gasteiger partial charge in [0.1, 0.15) is 17.3 Å². The highest BCUT2D eigenvalue weighted by atomic mass is 19.1. The number of halogens is 2. The van der Waals surface area contributed by atoms with Gasteiger partial charge in [0, 0.05) is 26.4 Å². The van der Waals surface area contributed by atoms with Gasteiger partial charge in [0.05, 0.1) is 0 Å². The number of anilines is 1. The highest BCUT2D eigenvalue weighted by molar-refractivity contribution is 5.91. The predicted molar refractivity (Wildman–Crippen MR) is 72.1 cm³/mol. The maximum Gasteiger partial charge on any atom is 0.226 e. The van der Waals surface area contributed by atoms with E-state index in [1.165, 1.54) is 24.0 Å². The first-order chi connectivity index (χ1) is 9.45. The second-order valence-electron chi connectivity index (χ2n) is 4.15. The Balaban J connectivity index is 2.60. The van der Waals surface area contributed by atoms with E-state index in [0.717, 1.165) is 12.1 Å². The first-order valence-corrected chi connectivity index (χ1v) is 6.06. The van der Waals surface area contributed by atoms with Crippen LogP contribution >= 0.6 is 0 Å². The minimum Gasteiger partial charge on any atom is -0.339 e. The van der Waals surface area contributed by atoms with Crippen molar-refractivity contribution in [3.05, 3.63) is 42.5 Å². The third-order valence-electron chi connectivity index (χ3n) is 2.63. The van der Waals surface area contributed by atoms with Crippen molar-refractivity contribution >= 4 is 17.5 Å². The summed E-state index contributed by atoms with van der Waals surface area (Å²) >= 11 is 0. The number of rotatable bonds is 6. The number of carbonyl (C=O) groups is 2. The Hall–Kier alpha value is -2.24. The zero-order chi connectivity index (χ0) is 15.1. The second-order valence-corrected chi connectivity index (χ2v) is 4.15. The van der Waals surface area contributed by atoms with Crippen LogP contribution in [0.2, 0.25) is 0 Å². The minimum atomic E-state index is -0.840. The standard InChI is InChI=1S/C14H16F2N2O2/c1-3-8-18(10(2)19)9-7-13(20)17-14-11(15)5-4-6-12(14)16/h3-6H,1,7-9H2,2H3,(H,17,20). The second kappa shape index (κ2) is 7.37. The summed E-state index contributed by atoms with van der Waals surface area (Å²) in [7, 11) is 0. The van der Waals surface area contributed by atoms with Gasteiger partial charge in [0.15, 0.2) is 0 Å². The molecule has 0 atom stereocenters. The summed E-state index contributed by atoms with van der Waals surface area (Å²) in [6.07, 6.45) is 1.48. The molecule has 0 aliphatic rings. The number of nitrogens with one attached hydrogen (secondary N) is 1. The van der Waals surface area contributed by atoms with E-state index in [9.17, 15) is 18.4 Å². The molecule has 0 bridgehead atoms. The number of nitrogens with zero attached hydrogens (tertiary/aromatic N) is 1. The van der Waals surface area contributed by atoms with Crippen LogP contribution in [0.15, 0.2) is 30.9 Å². The zero-order valence-electron chi connectivity index (χ0n) is 11.2. The molecule has 0 saturated heterocycles. The molecule has 6 heteroatoms. The van der Waals surface area contributed by atoms with Gasteiger partial charge in [-0.25, -0.2) is 8.78 Å². The monoisotopic (exact) mass is 282 g/mol. The average molecular weight is 282 g/mol. The molecule has 0 aromatic heterocycles. The number of para-hydroxylation sites is 1. The molecule has 0 aliphatic heterocycles. The molecule has 0 fully saturated rings. The van der Waals surface area contributed by atoms with Crippen molar-refractivity contribution in [2.45, 2.75) is 13.3 Å². The lowest BCUT2D eigenvalue weighted by Crippen LogP contribution is -2.32. The van der Waals surface area contributed by atoms with Crippen molar-refractivity contribution < 1.29 is 18.4 Å². The van der Waals surface area contributed by atoms with Crippen LogP contribution in [0.1, 0.15) is 13.3 Å². The predicted octanol–water partition coefficient (Wildman–Crippen LogP) is 2.33. The van der Waals surface area contributed by atoms with Crippen molar-refractivity contribution in [3.63, 3.8) is 0 Å². The van der Waals surface area contributed by atoms with E-state index in [-0.39, 0.29) is 18.9 Å². The van der Waals surface area contributed by atoms with Gasteiger partial charge in [-0.05, 0) is 12.1 Å². The van der Waals surface area contributed by atoms with Crippen LogP contribution in [0.5, 0.6) is 0 Å². The molecule has 0 spiro atoms. The van der Waals surface area contributed by atoms with Gasteiger partial charge in [-0.1, -0.05) is 12.1 Å². The van der Waals surface area contributed by atoms with Crippen molar-refractivity contribution in [1.29, 1.82) is 0 Å². The van der Waals surface area contributed by atoms with E-state index in [4.69, 9.17) is 0 Å². The maximum absolute atomic E-state index is 13.3. The van der Waals surface area contributed by atoms with E-state index in [0.29, 0.717) is 6.54 Å². The molecule has 1 aromatic carbocycles. The zero-order valence-corrected chi connectivity index (χ0v) is 11.2. The van der Waals surface area contributed by atoms with Crippen molar-refractivity contribution in [2.24, 2.45) is 0 Å². The summed E-state index contributed by atoms with van der Waals surface area (Å²) in [6, 6.07) is 3.32. The molecule has 4 nitrogen and oxygen atoms in total. The largest absolute Gasteiger partial charge is 0.339 e. The number of benzene rings is 1. The highest BCUT2D eigenvalue weighted by Gasteiger charge is 2.13. The maximum atomic E-state index is 13.3. The molecule has 0 saturated carbocycles. The summed E-state index contributed by atoms with van der Waals surface area (Å²) in [5.41, 5.74) is -0.476. The quantitative estimate of drug-likeness (QED) is 0.814. The molecule has 20 heavy (non-hydrogen) atoms.